The molecule has 142 valence electrons. The molecular weight excluding hydrogens is 368 g/mol. The number of carbonyl (C=O) groups excluding carboxylic acids is 2. The van der Waals surface area contributed by atoms with E-state index in [-0.39, 0.29) is 22.4 Å². The van der Waals surface area contributed by atoms with Gasteiger partial charge in [-0.3, -0.25) is 24.5 Å². The van der Waals surface area contributed by atoms with E-state index in [2.05, 4.69) is 0 Å². The molecule has 28 heavy (non-hydrogen) atoms. The molecule has 1 heterocycles. The van der Waals surface area contributed by atoms with Gasteiger partial charge in [0.15, 0.2) is 0 Å². The molecule has 3 rings (SSSR count). The molecule has 9 nitrogen and oxygen atoms in total. The summed E-state index contributed by atoms with van der Waals surface area (Å²) < 4.78 is 0. The Morgan fingerprint density at radius 3 is 2.18 bits per heavy atom. The van der Waals surface area contributed by atoms with Crippen molar-refractivity contribution in [3.8, 4) is 0 Å². The molecule has 0 aliphatic carbocycles. The van der Waals surface area contributed by atoms with E-state index >= 15 is 0 Å². The lowest BCUT2D eigenvalue weighted by Crippen LogP contribution is -2.34. The molecule has 0 bridgehead atoms. The highest BCUT2D eigenvalue weighted by molar-refractivity contribution is 6.46. The Balaban J connectivity index is 2.18. The van der Waals surface area contributed by atoms with Crippen molar-refractivity contribution in [2.24, 2.45) is 0 Å². The first kappa shape index (κ1) is 18.8. The fraction of sp³-hybridized carbons (Fsp3) is 0.105. The van der Waals surface area contributed by atoms with Gasteiger partial charge in [-0.15, -0.1) is 0 Å². The van der Waals surface area contributed by atoms with Crippen LogP contribution in [0.3, 0.4) is 0 Å². The minimum atomic E-state index is -1.34. The zero-order valence-corrected chi connectivity index (χ0v) is 14.3. The molecule has 1 aliphatic heterocycles. The minimum Gasteiger partial charge on any atom is -0.507 e. The van der Waals surface area contributed by atoms with Crippen LogP contribution in [-0.2, 0) is 14.4 Å². The van der Waals surface area contributed by atoms with Crippen LogP contribution in [0, 0.1) is 10.1 Å². The van der Waals surface area contributed by atoms with Crippen molar-refractivity contribution in [3.05, 3.63) is 81.4 Å². The number of Topliss-reactive ketones (excluding diaryl/α,β-unsaturated/α-hetero) is 1. The molecule has 2 aromatic rings. The van der Waals surface area contributed by atoms with Gasteiger partial charge in [0.1, 0.15) is 12.3 Å². The Bertz CT molecular complexity index is 997. The van der Waals surface area contributed by atoms with E-state index in [1.165, 1.54) is 36.4 Å². The van der Waals surface area contributed by atoms with E-state index in [1.807, 2.05) is 0 Å². The van der Waals surface area contributed by atoms with Gasteiger partial charge in [-0.05, 0) is 17.7 Å². The molecular formula is C19H14N2O7. The van der Waals surface area contributed by atoms with E-state index in [0.29, 0.717) is 0 Å². The van der Waals surface area contributed by atoms with E-state index in [1.54, 1.807) is 18.2 Å². The van der Waals surface area contributed by atoms with Gasteiger partial charge in [-0.25, -0.2) is 0 Å². The topological polar surface area (TPSA) is 138 Å². The van der Waals surface area contributed by atoms with Crippen LogP contribution in [0.25, 0.3) is 5.76 Å². The predicted molar refractivity (Wildman–Crippen MR) is 96.2 cm³/mol. The summed E-state index contributed by atoms with van der Waals surface area (Å²) in [6.07, 6.45) is 0. The highest BCUT2D eigenvalue weighted by Gasteiger charge is 2.46. The second-order valence-electron chi connectivity index (χ2n) is 6.04. The molecule has 1 atom stereocenters. The summed E-state index contributed by atoms with van der Waals surface area (Å²) in [6.45, 7) is -0.766. The number of carbonyl (C=O) groups is 3. The Morgan fingerprint density at radius 2 is 1.64 bits per heavy atom. The zero-order valence-electron chi connectivity index (χ0n) is 14.3. The number of hydrogen-bond acceptors (Lipinski definition) is 6. The van der Waals surface area contributed by atoms with Gasteiger partial charge in [-0.2, -0.15) is 0 Å². The van der Waals surface area contributed by atoms with Crippen LogP contribution < -0.4 is 0 Å². The summed E-state index contributed by atoms with van der Waals surface area (Å²) in [6, 6.07) is 11.8. The van der Waals surface area contributed by atoms with Gasteiger partial charge < -0.3 is 15.1 Å². The van der Waals surface area contributed by atoms with E-state index in [4.69, 9.17) is 5.11 Å². The number of likely N-dealkylation sites (tertiary alicyclic amines) is 1. The molecule has 0 saturated carbocycles. The fourth-order valence-electron chi connectivity index (χ4n) is 3.07. The van der Waals surface area contributed by atoms with Gasteiger partial charge in [0.2, 0.25) is 0 Å². The molecule has 0 spiro atoms. The van der Waals surface area contributed by atoms with Gasteiger partial charge >= 0.3 is 5.97 Å². The van der Waals surface area contributed by atoms with Crippen LogP contribution in [0.1, 0.15) is 17.2 Å². The normalized spacial score (nSPS) is 18.3. The molecule has 1 amide bonds. The number of nitrogens with zero attached hydrogens (tertiary/aromatic N) is 2. The third-order valence-electron chi connectivity index (χ3n) is 4.31. The highest BCUT2D eigenvalue weighted by atomic mass is 16.6. The zero-order chi connectivity index (χ0) is 20.4. The van der Waals surface area contributed by atoms with Crippen molar-refractivity contribution in [1.29, 1.82) is 0 Å². The number of aliphatic hydroxyl groups excluding tert-OH is 1. The number of benzene rings is 2. The Labute approximate surface area is 158 Å². The van der Waals surface area contributed by atoms with Crippen LogP contribution in [-0.4, -0.2) is 44.2 Å². The Hall–Kier alpha value is -4.01. The van der Waals surface area contributed by atoms with Gasteiger partial charge in [0.25, 0.3) is 17.4 Å². The standard InChI is InChI=1S/C19H14N2O7/c22-14(23)10-20-16(11-6-8-13(9-7-11)21(27)28)15(18(25)19(20)26)17(24)12-4-2-1-3-5-12/h1-9,16,24H,10H2,(H,22,23)/t16-/m1/s1. The lowest BCUT2D eigenvalue weighted by atomic mass is 9.95. The first-order valence-electron chi connectivity index (χ1n) is 8.11. The van der Waals surface area contributed by atoms with Crippen LogP contribution in [0.5, 0.6) is 0 Å². The number of rotatable bonds is 5. The van der Waals surface area contributed by atoms with Crippen LogP contribution in [0.15, 0.2) is 60.2 Å². The third kappa shape index (κ3) is 3.32. The fourth-order valence-corrected chi connectivity index (χ4v) is 3.07. The number of ketones is 1. The molecule has 1 fully saturated rings. The molecule has 1 aliphatic rings. The summed E-state index contributed by atoms with van der Waals surface area (Å²) in [7, 11) is 0. The van der Waals surface area contributed by atoms with Gasteiger partial charge in [0.05, 0.1) is 16.5 Å². The predicted octanol–water partition coefficient (Wildman–Crippen LogP) is 2.10. The molecule has 2 aromatic carbocycles. The maximum absolute atomic E-state index is 12.6. The number of non-ortho nitro benzene ring substituents is 1. The summed E-state index contributed by atoms with van der Waals surface area (Å²) >= 11 is 0. The number of nitro benzene ring substituents is 1. The average Bonchev–Trinajstić information content (AvgIpc) is 2.92. The first-order chi connectivity index (χ1) is 13.3. The second-order valence-corrected chi connectivity index (χ2v) is 6.04. The Kier molecular flexibility index (Phi) is 4.90. The van der Waals surface area contributed by atoms with E-state index in [9.17, 15) is 29.6 Å². The molecule has 0 aromatic heterocycles. The van der Waals surface area contributed by atoms with Crippen molar-refractivity contribution in [2.75, 3.05) is 6.54 Å². The van der Waals surface area contributed by atoms with Crippen molar-refractivity contribution >= 4 is 29.1 Å². The summed E-state index contributed by atoms with van der Waals surface area (Å²) in [5.41, 5.74) is 0.0690. The quantitative estimate of drug-likeness (QED) is 0.265. The monoisotopic (exact) mass is 382 g/mol. The van der Waals surface area contributed by atoms with E-state index in [0.717, 1.165) is 4.90 Å². The molecule has 9 heteroatoms. The third-order valence-corrected chi connectivity index (χ3v) is 4.31. The SMILES string of the molecule is O=C(O)CN1C(=O)C(=O)C(=C(O)c2ccccc2)[C@H]1c1ccc([N+](=O)[O-])cc1. The van der Waals surface area contributed by atoms with Crippen molar-refractivity contribution in [2.45, 2.75) is 6.04 Å². The maximum atomic E-state index is 12.6. The van der Waals surface area contributed by atoms with Crippen molar-refractivity contribution in [3.63, 3.8) is 0 Å². The second kappa shape index (κ2) is 7.31. The smallest absolute Gasteiger partial charge is 0.323 e. The summed E-state index contributed by atoms with van der Waals surface area (Å²) in [5.74, 6) is -3.88. The lowest BCUT2D eigenvalue weighted by molar-refractivity contribution is -0.384. The largest absolute Gasteiger partial charge is 0.507 e. The van der Waals surface area contributed by atoms with Crippen LogP contribution >= 0.6 is 0 Å². The minimum absolute atomic E-state index is 0.206. The lowest BCUT2D eigenvalue weighted by Gasteiger charge is -2.23. The molecule has 1 saturated heterocycles. The highest BCUT2D eigenvalue weighted by Crippen LogP contribution is 2.39. The Morgan fingerprint density at radius 1 is 1.04 bits per heavy atom. The molecule has 2 N–H and O–H groups in total. The first-order valence-corrected chi connectivity index (χ1v) is 8.11. The number of aliphatic hydroxyl groups is 1. The van der Waals surface area contributed by atoms with Gasteiger partial charge in [0, 0.05) is 17.7 Å². The summed E-state index contributed by atoms with van der Waals surface area (Å²) in [5, 5.41) is 30.7. The maximum Gasteiger partial charge on any atom is 0.323 e. The number of aliphatic carboxylic acids is 1. The van der Waals surface area contributed by atoms with E-state index < -0.39 is 40.9 Å². The summed E-state index contributed by atoms with van der Waals surface area (Å²) in [4.78, 5) is 47.2. The number of amides is 1. The number of hydrogen-bond donors (Lipinski definition) is 2. The molecule has 0 unspecified atom stereocenters. The van der Waals surface area contributed by atoms with Crippen LogP contribution in [0.4, 0.5) is 5.69 Å². The molecule has 0 radical (unpaired) electrons. The van der Waals surface area contributed by atoms with Crippen molar-refractivity contribution in [1.82, 2.24) is 4.90 Å². The number of carboxylic acids is 1. The average molecular weight is 382 g/mol. The number of carboxylic acid groups (broad SMARTS) is 1. The van der Waals surface area contributed by atoms with Crippen LogP contribution in [0.2, 0.25) is 0 Å². The van der Waals surface area contributed by atoms with Gasteiger partial charge in [-0.1, -0.05) is 30.3 Å². The van der Waals surface area contributed by atoms with Crippen molar-refractivity contribution < 1.29 is 29.5 Å². The number of nitro groups is 1.